The van der Waals surface area contributed by atoms with Crippen LogP contribution in [0.5, 0.6) is 0 Å². The molecule has 0 spiro atoms. The molecule has 1 amide bonds. The van der Waals surface area contributed by atoms with E-state index in [4.69, 9.17) is 10.7 Å². The third kappa shape index (κ3) is 3.77. The van der Waals surface area contributed by atoms with Gasteiger partial charge in [0.05, 0.1) is 5.69 Å². The van der Waals surface area contributed by atoms with Gasteiger partial charge in [-0.05, 0) is 26.1 Å². The fraction of sp³-hybridized carbons (Fsp3) is 0.412. The number of nitrogens with zero attached hydrogens (tertiary/aromatic N) is 3. The summed E-state index contributed by atoms with van der Waals surface area (Å²) < 4.78 is 0. The Morgan fingerprint density at radius 3 is 2.74 bits per heavy atom. The SMILES string of the molecule is CC1CN(C)CCN1Cc1csc(-c2ccc(C(N)=O)cc2)n1. The van der Waals surface area contributed by atoms with Gasteiger partial charge in [-0.3, -0.25) is 9.69 Å². The molecule has 5 nitrogen and oxygen atoms in total. The molecule has 2 heterocycles. The summed E-state index contributed by atoms with van der Waals surface area (Å²) in [6.07, 6.45) is 0. The van der Waals surface area contributed by atoms with Crippen LogP contribution in [0.3, 0.4) is 0 Å². The zero-order valence-electron chi connectivity index (χ0n) is 13.5. The van der Waals surface area contributed by atoms with Crippen LogP contribution in [-0.2, 0) is 6.54 Å². The molecule has 0 bridgehead atoms. The monoisotopic (exact) mass is 330 g/mol. The van der Waals surface area contributed by atoms with E-state index in [2.05, 4.69) is 29.2 Å². The van der Waals surface area contributed by atoms with Crippen LogP contribution >= 0.6 is 11.3 Å². The Labute approximate surface area is 140 Å². The van der Waals surface area contributed by atoms with Crippen molar-refractivity contribution in [3.63, 3.8) is 0 Å². The lowest BCUT2D eigenvalue weighted by molar-refractivity contribution is 0.0929. The van der Waals surface area contributed by atoms with Crippen molar-refractivity contribution < 1.29 is 4.79 Å². The van der Waals surface area contributed by atoms with E-state index in [-0.39, 0.29) is 0 Å². The Morgan fingerprint density at radius 2 is 2.09 bits per heavy atom. The van der Waals surface area contributed by atoms with Crippen LogP contribution in [0.15, 0.2) is 29.6 Å². The van der Waals surface area contributed by atoms with Gasteiger partial charge in [-0.1, -0.05) is 12.1 Å². The van der Waals surface area contributed by atoms with Crippen molar-refractivity contribution in [1.29, 1.82) is 0 Å². The third-order valence-electron chi connectivity index (χ3n) is 4.30. The van der Waals surface area contributed by atoms with E-state index in [0.717, 1.165) is 42.4 Å². The number of carbonyl (C=O) groups is 1. The molecule has 0 radical (unpaired) electrons. The Balaban J connectivity index is 1.69. The van der Waals surface area contributed by atoms with Gasteiger partial charge in [0.15, 0.2) is 0 Å². The highest BCUT2D eigenvalue weighted by atomic mass is 32.1. The van der Waals surface area contributed by atoms with Crippen molar-refractivity contribution in [1.82, 2.24) is 14.8 Å². The lowest BCUT2D eigenvalue weighted by Gasteiger charge is -2.37. The first-order valence-corrected chi connectivity index (χ1v) is 8.68. The molecule has 1 aromatic carbocycles. The molecule has 2 aromatic rings. The Kier molecular flexibility index (Phi) is 4.75. The number of likely N-dealkylation sites (N-methyl/N-ethyl adjacent to an activating group) is 1. The van der Waals surface area contributed by atoms with E-state index in [1.165, 1.54) is 0 Å². The van der Waals surface area contributed by atoms with E-state index in [0.29, 0.717) is 11.6 Å². The Morgan fingerprint density at radius 1 is 1.35 bits per heavy atom. The maximum absolute atomic E-state index is 11.1. The number of hydrogen-bond donors (Lipinski definition) is 1. The number of aromatic nitrogens is 1. The van der Waals surface area contributed by atoms with Gasteiger partial charge >= 0.3 is 0 Å². The molecular weight excluding hydrogens is 308 g/mol. The third-order valence-corrected chi connectivity index (χ3v) is 5.24. The first kappa shape index (κ1) is 16.1. The lowest BCUT2D eigenvalue weighted by Crippen LogP contribution is -2.49. The summed E-state index contributed by atoms with van der Waals surface area (Å²) in [5, 5.41) is 3.11. The van der Waals surface area contributed by atoms with E-state index >= 15 is 0 Å². The van der Waals surface area contributed by atoms with E-state index in [1.54, 1.807) is 23.5 Å². The normalized spacial score (nSPS) is 19.8. The summed E-state index contributed by atoms with van der Waals surface area (Å²) >= 11 is 1.64. The zero-order chi connectivity index (χ0) is 16.4. The molecule has 6 heteroatoms. The predicted molar refractivity (Wildman–Crippen MR) is 93.4 cm³/mol. The second-order valence-electron chi connectivity index (χ2n) is 6.17. The molecule has 122 valence electrons. The van der Waals surface area contributed by atoms with Crippen LogP contribution < -0.4 is 5.73 Å². The van der Waals surface area contributed by atoms with Crippen molar-refractivity contribution in [2.75, 3.05) is 26.7 Å². The van der Waals surface area contributed by atoms with Gasteiger partial charge in [-0.2, -0.15) is 0 Å². The molecule has 2 N–H and O–H groups in total. The van der Waals surface area contributed by atoms with Crippen LogP contribution in [-0.4, -0.2) is 53.4 Å². The topological polar surface area (TPSA) is 62.5 Å². The minimum absolute atomic E-state index is 0.402. The number of benzene rings is 1. The standard InChI is InChI=1S/C17H22N4OS/c1-12-9-20(2)7-8-21(12)10-15-11-23-17(19-15)14-5-3-13(4-6-14)16(18)22/h3-6,11-12H,7-10H2,1-2H3,(H2,18,22). The van der Waals surface area contributed by atoms with Gasteiger partial charge in [0.1, 0.15) is 5.01 Å². The summed E-state index contributed by atoms with van der Waals surface area (Å²) in [5.41, 5.74) is 7.93. The van der Waals surface area contributed by atoms with Gasteiger partial charge < -0.3 is 10.6 Å². The summed E-state index contributed by atoms with van der Waals surface area (Å²) in [7, 11) is 2.17. The first-order valence-electron chi connectivity index (χ1n) is 7.80. The molecule has 1 aliphatic rings. The minimum Gasteiger partial charge on any atom is -0.366 e. The van der Waals surface area contributed by atoms with E-state index in [9.17, 15) is 4.79 Å². The van der Waals surface area contributed by atoms with Gasteiger partial charge in [-0.25, -0.2) is 4.98 Å². The molecular formula is C17H22N4OS. The quantitative estimate of drug-likeness (QED) is 0.932. The first-order chi connectivity index (χ1) is 11.0. The molecule has 1 fully saturated rings. The fourth-order valence-corrected chi connectivity index (χ4v) is 3.73. The number of rotatable bonds is 4. The number of amides is 1. The van der Waals surface area contributed by atoms with Crippen molar-refractivity contribution in [2.45, 2.75) is 19.5 Å². The lowest BCUT2D eigenvalue weighted by atomic mass is 10.1. The summed E-state index contributed by atoms with van der Waals surface area (Å²) in [6, 6.07) is 7.86. The average Bonchev–Trinajstić information content (AvgIpc) is 2.99. The van der Waals surface area contributed by atoms with Gasteiger partial charge in [0.2, 0.25) is 5.91 Å². The highest BCUT2D eigenvalue weighted by Crippen LogP contribution is 2.25. The van der Waals surface area contributed by atoms with Gasteiger partial charge in [0.25, 0.3) is 0 Å². The Bertz CT molecular complexity index is 682. The highest BCUT2D eigenvalue weighted by molar-refractivity contribution is 7.13. The van der Waals surface area contributed by atoms with Crippen molar-refractivity contribution in [3.05, 3.63) is 40.9 Å². The molecule has 1 aromatic heterocycles. The predicted octanol–water partition coefficient (Wildman–Crippen LogP) is 2.04. The molecule has 1 aliphatic heterocycles. The van der Waals surface area contributed by atoms with Gasteiger partial charge in [0, 0.05) is 48.7 Å². The average molecular weight is 330 g/mol. The zero-order valence-corrected chi connectivity index (χ0v) is 14.3. The summed E-state index contributed by atoms with van der Waals surface area (Å²) in [6.45, 7) is 6.45. The Hall–Kier alpha value is -1.76. The number of primary amides is 1. The number of thiazole rings is 1. The van der Waals surface area contributed by atoms with Crippen LogP contribution in [0.25, 0.3) is 10.6 Å². The molecule has 1 atom stereocenters. The molecule has 1 unspecified atom stereocenters. The number of piperazine rings is 1. The minimum atomic E-state index is -0.402. The molecule has 23 heavy (non-hydrogen) atoms. The van der Waals surface area contributed by atoms with Crippen LogP contribution in [0, 0.1) is 0 Å². The maximum Gasteiger partial charge on any atom is 0.248 e. The number of hydrogen-bond acceptors (Lipinski definition) is 5. The van der Waals surface area contributed by atoms with Crippen molar-refractivity contribution >= 4 is 17.2 Å². The molecule has 0 aliphatic carbocycles. The van der Waals surface area contributed by atoms with Crippen LogP contribution in [0.1, 0.15) is 23.0 Å². The second kappa shape index (κ2) is 6.78. The van der Waals surface area contributed by atoms with E-state index < -0.39 is 5.91 Å². The number of nitrogens with two attached hydrogens (primary N) is 1. The number of carbonyl (C=O) groups excluding carboxylic acids is 1. The summed E-state index contributed by atoms with van der Waals surface area (Å²) in [4.78, 5) is 20.7. The van der Waals surface area contributed by atoms with Crippen LogP contribution in [0.2, 0.25) is 0 Å². The largest absolute Gasteiger partial charge is 0.366 e. The molecule has 1 saturated heterocycles. The molecule has 0 saturated carbocycles. The smallest absolute Gasteiger partial charge is 0.248 e. The summed E-state index contributed by atoms with van der Waals surface area (Å²) in [5.74, 6) is -0.402. The van der Waals surface area contributed by atoms with E-state index in [1.807, 2.05) is 12.1 Å². The van der Waals surface area contributed by atoms with Crippen molar-refractivity contribution in [3.8, 4) is 10.6 Å². The fourth-order valence-electron chi connectivity index (χ4n) is 2.91. The maximum atomic E-state index is 11.1. The highest BCUT2D eigenvalue weighted by Gasteiger charge is 2.22. The molecule has 3 rings (SSSR count). The van der Waals surface area contributed by atoms with Gasteiger partial charge in [-0.15, -0.1) is 11.3 Å². The second-order valence-corrected chi connectivity index (χ2v) is 7.03. The van der Waals surface area contributed by atoms with Crippen LogP contribution in [0.4, 0.5) is 0 Å². The van der Waals surface area contributed by atoms with Crippen molar-refractivity contribution in [2.24, 2.45) is 5.73 Å².